The van der Waals surface area contributed by atoms with Crippen molar-refractivity contribution in [2.75, 3.05) is 32.7 Å². The van der Waals surface area contributed by atoms with Gasteiger partial charge in [-0.05, 0) is 98.1 Å². The highest BCUT2D eigenvalue weighted by molar-refractivity contribution is 5.76. The molecule has 3 aliphatic heterocycles. The van der Waals surface area contributed by atoms with Crippen molar-refractivity contribution in [2.24, 2.45) is 0 Å². The Balaban J connectivity index is 1.14. The van der Waals surface area contributed by atoms with Gasteiger partial charge < -0.3 is 29.9 Å². The van der Waals surface area contributed by atoms with E-state index in [0.29, 0.717) is 31.8 Å². The minimum absolute atomic E-state index is 0.0140. The number of benzene rings is 3. The molecule has 49 heavy (non-hydrogen) atoms. The van der Waals surface area contributed by atoms with Crippen LogP contribution in [0.2, 0.25) is 0 Å². The molecule has 3 aliphatic rings. The van der Waals surface area contributed by atoms with E-state index in [1.807, 2.05) is 30.3 Å². The predicted octanol–water partition coefficient (Wildman–Crippen LogP) is 6.21. The Morgan fingerprint density at radius 3 is 2.33 bits per heavy atom. The zero-order valence-electron chi connectivity index (χ0n) is 28.5. The highest BCUT2D eigenvalue weighted by atomic mass is 16.7. The fourth-order valence-corrected chi connectivity index (χ4v) is 7.48. The number of aliphatic hydroxyl groups excluding tert-OH is 1. The van der Waals surface area contributed by atoms with Crippen LogP contribution >= 0.6 is 0 Å². The number of carbonyl (C=O) groups excluding carboxylic acids is 1. The van der Waals surface area contributed by atoms with E-state index < -0.39 is 12.3 Å². The zero-order valence-corrected chi connectivity index (χ0v) is 28.5. The number of hydrogen-bond acceptors (Lipinski definition) is 7. The minimum atomic E-state index is -0.834. The maximum atomic E-state index is 12.3. The highest BCUT2D eigenvalue weighted by Gasteiger charge is 2.36. The van der Waals surface area contributed by atoms with Crippen molar-refractivity contribution in [3.05, 3.63) is 95.1 Å². The number of carboxylic acids is 1. The second kappa shape index (κ2) is 17.4. The van der Waals surface area contributed by atoms with Gasteiger partial charge in [0.05, 0.1) is 18.8 Å². The minimum Gasteiger partial charge on any atom is -0.481 e. The molecule has 3 N–H and O–H groups in total. The SMILES string of the molecule is O=C(O)CCCCC(=O)NCc1cccc(-c2cccc([C@H]3O[C@@H](CN4CCC[C@H]4CN4CCCC4)C[C@@H](c4ccc(CO)cc4)O3)c2)c1. The first-order chi connectivity index (χ1) is 23.9. The molecule has 3 saturated heterocycles. The van der Waals surface area contributed by atoms with Crippen LogP contribution in [0.1, 0.15) is 92.4 Å². The van der Waals surface area contributed by atoms with E-state index >= 15 is 0 Å². The fourth-order valence-electron chi connectivity index (χ4n) is 7.48. The lowest BCUT2D eigenvalue weighted by atomic mass is 9.98. The number of nitrogens with one attached hydrogen (secondary N) is 1. The van der Waals surface area contributed by atoms with Crippen molar-refractivity contribution in [2.45, 2.75) is 95.5 Å². The van der Waals surface area contributed by atoms with Crippen LogP contribution in [0.4, 0.5) is 0 Å². The van der Waals surface area contributed by atoms with Crippen LogP contribution in [-0.2, 0) is 32.2 Å². The molecular formula is C40H51N3O6. The summed E-state index contributed by atoms with van der Waals surface area (Å²) in [6.45, 7) is 6.01. The summed E-state index contributed by atoms with van der Waals surface area (Å²) in [5.41, 5.74) is 6.03. The third kappa shape index (κ3) is 9.99. The molecule has 262 valence electrons. The molecule has 3 aromatic carbocycles. The highest BCUT2D eigenvalue weighted by Crippen LogP contribution is 2.39. The molecular weight excluding hydrogens is 618 g/mol. The van der Waals surface area contributed by atoms with Gasteiger partial charge >= 0.3 is 5.97 Å². The van der Waals surface area contributed by atoms with Crippen molar-refractivity contribution >= 4 is 11.9 Å². The molecule has 1 amide bonds. The van der Waals surface area contributed by atoms with Gasteiger partial charge in [-0.15, -0.1) is 0 Å². The molecule has 4 atom stereocenters. The Labute approximate surface area is 290 Å². The summed E-state index contributed by atoms with van der Waals surface area (Å²) in [6.07, 6.45) is 6.69. The molecule has 9 nitrogen and oxygen atoms in total. The number of ether oxygens (including phenoxy) is 2. The molecule has 3 fully saturated rings. The van der Waals surface area contributed by atoms with Crippen molar-refractivity contribution in [1.29, 1.82) is 0 Å². The normalized spacial score (nSPS) is 23.1. The lowest BCUT2D eigenvalue weighted by Crippen LogP contribution is -2.45. The van der Waals surface area contributed by atoms with Gasteiger partial charge in [-0.2, -0.15) is 0 Å². The quantitative estimate of drug-likeness (QED) is 0.164. The number of rotatable bonds is 15. The lowest BCUT2D eigenvalue weighted by Gasteiger charge is -2.39. The molecule has 0 radical (unpaired) electrons. The van der Waals surface area contributed by atoms with Crippen LogP contribution in [0.5, 0.6) is 0 Å². The Hall–Kier alpha value is -3.60. The fraction of sp³-hybridized carbons (Fsp3) is 0.500. The number of likely N-dealkylation sites (tertiary alicyclic amines) is 2. The van der Waals surface area contributed by atoms with E-state index in [1.54, 1.807) is 0 Å². The number of aliphatic carboxylic acids is 1. The molecule has 0 saturated carbocycles. The average Bonchev–Trinajstić information content (AvgIpc) is 3.81. The summed E-state index contributed by atoms with van der Waals surface area (Å²) < 4.78 is 13.5. The molecule has 0 aliphatic carbocycles. The van der Waals surface area contributed by atoms with E-state index in [9.17, 15) is 14.7 Å². The van der Waals surface area contributed by atoms with Crippen molar-refractivity contribution in [3.8, 4) is 11.1 Å². The van der Waals surface area contributed by atoms with E-state index in [-0.39, 0.29) is 31.1 Å². The predicted molar refractivity (Wildman–Crippen MR) is 189 cm³/mol. The summed E-state index contributed by atoms with van der Waals surface area (Å²) in [5, 5.41) is 21.4. The van der Waals surface area contributed by atoms with Crippen molar-refractivity contribution in [1.82, 2.24) is 15.1 Å². The van der Waals surface area contributed by atoms with Gasteiger partial charge in [-0.1, -0.05) is 60.7 Å². The maximum absolute atomic E-state index is 12.3. The van der Waals surface area contributed by atoms with E-state index in [0.717, 1.165) is 59.4 Å². The molecule has 0 aromatic heterocycles. The van der Waals surface area contributed by atoms with Crippen molar-refractivity contribution < 1.29 is 29.3 Å². The van der Waals surface area contributed by atoms with E-state index in [4.69, 9.17) is 14.6 Å². The third-order valence-corrected chi connectivity index (χ3v) is 10.2. The van der Waals surface area contributed by atoms with Crippen LogP contribution in [0.15, 0.2) is 72.8 Å². The van der Waals surface area contributed by atoms with Crippen molar-refractivity contribution in [3.63, 3.8) is 0 Å². The van der Waals surface area contributed by atoms with Gasteiger partial charge in [0, 0.05) is 50.5 Å². The molecule has 6 rings (SSSR count). The summed E-state index contributed by atoms with van der Waals surface area (Å²) >= 11 is 0. The standard InChI is InChI=1S/C40H51N3O6/c44-28-29-15-17-31(18-16-29)37-24-36(27-43-21-7-12-35(43)26-42-19-3-4-20-42)48-40(49-37)34-11-6-10-33(23-34)32-9-5-8-30(22-32)25-41-38(45)13-1-2-14-39(46)47/h5-6,8-11,15-18,22-23,35-37,40,44H,1-4,7,12-14,19-21,24-28H2,(H,41,45)(H,46,47)/t35-,36+,37-,40-/m0/s1. The average molecular weight is 670 g/mol. The molecule has 3 heterocycles. The smallest absolute Gasteiger partial charge is 0.303 e. The summed E-state index contributed by atoms with van der Waals surface area (Å²) in [4.78, 5) is 28.3. The third-order valence-electron chi connectivity index (χ3n) is 10.2. The van der Waals surface area contributed by atoms with Crippen LogP contribution in [0, 0.1) is 0 Å². The summed E-state index contributed by atoms with van der Waals surface area (Å²) in [5.74, 6) is -0.907. The van der Waals surface area contributed by atoms with Gasteiger partial charge in [0.15, 0.2) is 6.29 Å². The largest absolute Gasteiger partial charge is 0.481 e. The summed E-state index contributed by atoms with van der Waals surface area (Å²) in [6, 6.07) is 25.2. The van der Waals surface area contributed by atoms with E-state index in [1.165, 1.54) is 38.8 Å². The maximum Gasteiger partial charge on any atom is 0.303 e. The lowest BCUT2D eigenvalue weighted by molar-refractivity contribution is -0.253. The second-order valence-corrected chi connectivity index (χ2v) is 13.9. The van der Waals surface area contributed by atoms with Crippen LogP contribution in [-0.4, -0.2) is 76.8 Å². The first-order valence-corrected chi connectivity index (χ1v) is 18.1. The van der Waals surface area contributed by atoms with Crippen LogP contribution in [0.3, 0.4) is 0 Å². The summed E-state index contributed by atoms with van der Waals surface area (Å²) in [7, 11) is 0. The number of carbonyl (C=O) groups is 2. The first-order valence-electron chi connectivity index (χ1n) is 18.1. The second-order valence-electron chi connectivity index (χ2n) is 13.9. The van der Waals surface area contributed by atoms with Gasteiger partial charge in [-0.25, -0.2) is 0 Å². The van der Waals surface area contributed by atoms with Crippen LogP contribution < -0.4 is 5.32 Å². The molecule has 9 heteroatoms. The monoisotopic (exact) mass is 669 g/mol. The molecule has 0 spiro atoms. The van der Waals surface area contributed by atoms with Gasteiger partial charge in [-0.3, -0.25) is 14.5 Å². The van der Waals surface area contributed by atoms with Gasteiger partial charge in [0.1, 0.15) is 0 Å². The number of nitrogens with zero attached hydrogens (tertiary/aromatic N) is 2. The van der Waals surface area contributed by atoms with Gasteiger partial charge in [0.25, 0.3) is 0 Å². The van der Waals surface area contributed by atoms with Crippen LogP contribution in [0.25, 0.3) is 11.1 Å². The number of aliphatic hydroxyl groups is 1. The number of amides is 1. The Morgan fingerprint density at radius 1 is 0.796 bits per heavy atom. The molecule has 0 bridgehead atoms. The van der Waals surface area contributed by atoms with E-state index in [2.05, 4.69) is 57.6 Å². The first kappa shape index (κ1) is 35.2. The number of carboxylic acid groups (broad SMARTS) is 1. The molecule has 3 aromatic rings. The number of hydrogen-bond donors (Lipinski definition) is 3. The number of unbranched alkanes of at least 4 members (excludes halogenated alkanes) is 1. The van der Waals surface area contributed by atoms with Gasteiger partial charge in [0.2, 0.25) is 5.91 Å². The Kier molecular flexibility index (Phi) is 12.5. The Morgan fingerprint density at radius 2 is 1.55 bits per heavy atom. The Bertz CT molecular complexity index is 1520. The zero-order chi connectivity index (χ0) is 34.0. The topological polar surface area (TPSA) is 112 Å². The molecule has 0 unspecified atom stereocenters.